The molecule has 0 heterocycles. The largest absolute Gasteiger partial charge is 0.326 e. The minimum absolute atomic E-state index is 0.123. The van der Waals surface area contributed by atoms with Crippen LogP contribution in [0, 0.1) is 18.2 Å². The zero-order valence-electron chi connectivity index (χ0n) is 10.2. The molecule has 0 spiro atoms. The smallest absolute Gasteiger partial charge is 0.228 e. The molecule has 0 aliphatic carbocycles. The average Bonchev–Trinajstić information content (AvgIpc) is 2.38. The third-order valence-corrected chi connectivity index (χ3v) is 2.57. The summed E-state index contributed by atoms with van der Waals surface area (Å²) in [6.07, 6.45) is 5.41. The monoisotopic (exact) mass is 253 g/mol. The first-order valence-electron chi connectivity index (χ1n) is 5.78. The van der Waals surface area contributed by atoms with E-state index in [1.165, 1.54) is 12.1 Å². The Bertz CT molecular complexity index is 643. The van der Waals surface area contributed by atoms with Gasteiger partial charge in [-0.15, -0.1) is 6.42 Å². The number of rotatable bonds is 3. The van der Waals surface area contributed by atoms with Crippen molar-refractivity contribution in [2.45, 2.75) is 6.42 Å². The fourth-order valence-corrected chi connectivity index (χ4v) is 1.72. The molecule has 0 aliphatic heterocycles. The van der Waals surface area contributed by atoms with Crippen LogP contribution in [0.3, 0.4) is 0 Å². The van der Waals surface area contributed by atoms with E-state index in [4.69, 9.17) is 6.42 Å². The molecule has 0 unspecified atom stereocenters. The molecule has 0 fully saturated rings. The van der Waals surface area contributed by atoms with E-state index in [9.17, 15) is 9.18 Å². The van der Waals surface area contributed by atoms with Crippen LogP contribution in [0.5, 0.6) is 0 Å². The van der Waals surface area contributed by atoms with Crippen molar-refractivity contribution >= 4 is 11.6 Å². The lowest BCUT2D eigenvalue weighted by atomic mass is 10.1. The van der Waals surface area contributed by atoms with Crippen LogP contribution in [-0.2, 0) is 11.2 Å². The minimum Gasteiger partial charge on any atom is -0.326 e. The summed E-state index contributed by atoms with van der Waals surface area (Å²) in [5.41, 5.74) is 1.96. The highest BCUT2D eigenvalue weighted by atomic mass is 19.1. The van der Waals surface area contributed by atoms with Crippen molar-refractivity contribution in [2.24, 2.45) is 0 Å². The van der Waals surface area contributed by atoms with Crippen molar-refractivity contribution in [3.63, 3.8) is 0 Å². The molecule has 2 aromatic rings. The summed E-state index contributed by atoms with van der Waals surface area (Å²) in [5.74, 6) is 1.94. The Labute approximate surface area is 111 Å². The summed E-state index contributed by atoms with van der Waals surface area (Å²) in [4.78, 5) is 11.8. The second-order valence-corrected chi connectivity index (χ2v) is 4.08. The zero-order valence-corrected chi connectivity index (χ0v) is 10.2. The van der Waals surface area contributed by atoms with Crippen LogP contribution in [0.2, 0.25) is 0 Å². The molecule has 0 radical (unpaired) electrons. The van der Waals surface area contributed by atoms with E-state index in [1.807, 2.05) is 0 Å². The summed E-state index contributed by atoms with van der Waals surface area (Å²) in [5, 5.41) is 2.73. The Morgan fingerprint density at radius 3 is 2.74 bits per heavy atom. The molecular weight excluding hydrogens is 241 g/mol. The van der Waals surface area contributed by atoms with Gasteiger partial charge in [0.05, 0.1) is 6.42 Å². The van der Waals surface area contributed by atoms with E-state index >= 15 is 0 Å². The number of terminal acetylenes is 1. The van der Waals surface area contributed by atoms with E-state index in [-0.39, 0.29) is 18.1 Å². The van der Waals surface area contributed by atoms with Crippen molar-refractivity contribution in [3.05, 3.63) is 65.5 Å². The van der Waals surface area contributed by atoms with E-state index in [2.05, 4.69) is 11.2 Å². The lowest BCUT2D eigenvalue weighted by molar-refractivity contribution is -0.115. The van der Waals surface area contributed by atoms with E-state index in [0.717, 1.165) is 0 Å². The van der Waals surface area contributed by atoms with Crippen molar-refractivity contribution in [3.8, 4) is 12.3 Å². The van der Waals surface area contributed by atoms with Gasteiger partial charge in [-0.2, -0.15) is 0 Å². The van der Waals surface area contributed by atoms with Gasteiger partial charge in [0.15, 0.2) is 0 Å². The molecule has 1 amide bonds. The Morgan fingerprint density at radius 2 is 2.00 bits per heavy atom. The Hall–Kier alpha value is -2.60. The molecule has 0 aliphatic rings. The molecule has 0 aromatic heterocycles. The lowest BCUT2D eigenvalue weighted by Crippen LogP contribution is -2.14. The normalized spacial score (nSPS) is 9.68. The quantitative estimate of drug-likeness (QED) is 0.837. The van der Waals surface area contributed by atoms with Crippen LogP contribution in [0.25, 0.3) is 0 Å². The second kappa shape index (κ2) is 5.83. The van der Waals surface area contributed by atoms with Crippen molar-refractivity contribution in [2.75, 3.05) is 5.32 Å². The summed E-state index contributed by atoms with van der Waals surface area (Å²) in [6.45, 7) is 0. The van der Waals surface area contributed by atoms with Gasteiger partial charge in [-0.25, -0.2) is 4.39 Å². The SMILES string of the molecule is C#Cc1cccc(NC(=O)Cc2cccc(F)c2)c1. The summed E-state index contributed by atoms with van der Waals surface area (Å²) in [6, 6.07) is 13.0. The zero-order chi connectivity index (χ0) is 13.7. The molecule has 2 aromatic carbocycles. The second-order valence-electron chi connectivity index (χ2n) is 4.08. The molecule has 0 saturated heterocycles. The third-order valence-electron chi connectivity index (χ3n) is 2.57. The number of hydrogen-bond donors (Lipinski definition) is 1. The first-order valence-corrected chi connectivity index (χ1v) is 5.78. The van der Waals surface area contributed by atoms with Crippen molar-refractivity contribution in [1.82, 2.24) is 0 Å². The molecule has 2 rings (SSSR count). The number of nitrogens with one attached hydrogen (secondary N) is 1. The summed E-state index contributed by atoms with van der Waals surface area (Å²) < 4.78 is 13.0. The van der Waals surface area contributed by atoms with Crippen LogP contribution < -0.4 is 5.32 Å². The van der Waals surface area contributed by atoms with Gasteiger partial charge in [0.2, 0.25) is 5.91 Å². The Balaban J connectivity index is 2.03. The molecular formula is C16H12FNO. The van der Waals surface area contributed by atoms with Crippen molar-refractivity contribution < 1.29 is 9.18 Å². The van der Waals surface area contributed by atoms with E-state index in [0.29, 0.717) is 16.8 Å². The van der Waals surface area contributed by atoms with Gasteiger partial charge in [-0.05, 0) is 35.9 Å². The van der Waals surface area contributed by atoms with Crippen LogP contribution in [0.4, 0.5) is 10.1 Å². The Kier molecular flexibility index (Phi) is 3.94. The first kappa shape index (κ1) is 12.8. The Morgan fingerprint density at radius 1 is 1.21 bits per heavy atom. The van der Waals surface area contributed by atoms with Gasteiger partial charge >= 0.3 is 0 Å². The maximum atomic E-state index is 13.0. The fourth-order valence-electron chi connectivity index (χ4n) is 1.72. The number of hydrogen-bond acceptors (Lipinski definition) is 1. The highest BCUT2D eigenvalue weighted by Gasteiger charge is 2.05. The molecule has 2 nitrogen and oxygen atoms in total. The minimum atomic E-state index is -0.348. The van der Waals surface area contributed by atoms with Gasteiger partial charge in [-0.1, -0.05) is 24.1 Å². The standard InChI is InChI=1S/C16H12FNO/c1-2-12-5-4-8-15(10-12)18-16(19)11-13-6-3-7-14(17)9-13/h1,3-10H,11H2,(H,18,19). The molecule has 94 valence electrons. The number of benzene rings is 2. The molecule has 0 saturated carbocycles. The molecule has 1 N–H and O–H groups in total. The molecule has 3 heteroatoms. The van der Waals surface area contributed by atoms with E-state index in [1.54, 1.807) is 36.4 Å². The first-order chi connectivity index (χ1) is 9.17. The topological polar surface area (TPSA) is 29.1 Å². The van der Waals surface area contributed by atoms with Crippen molar-refractivity contribution in [1.29, 1.82) is 0 Å². The highest BCUT2D eigenvalue weighted by molar-refractivity contribution is 5.92. The predicted octanol–water partition coefficient (Wildman–Crippen LogP) is 2.99. The van der Waals surface area contributed by atoms with Gasteiger partial charge in [0.1, 0.15) is 5.82 Å². The lowest BCUT2D eigenvalue weighted by Gasteiger charge is -2.06. The van der Waals surface area contributed by atoms with Gasteiger partial charge in [-0.3, -0.25) is 4.79 Å². The number of anilines is 1. The van der Waals surface area contributed by atoms with Crippen LogP contribution >= 0.6 is 0 Å². The highest BCUT2D eigenvalue weighted by Crippen LogP contribution is 2.11. The molecule has 0 bridgehead atoms. The molecule has 19 heavy (non-hydrogen) atoms. The molecule has 0 atom stereocenters. The number of carbonyl (C=O) groups excluding carboxylic acids is 1. The van der Waals surface area contributed by atoms with Gasteiger partial charge < -0.3 is 5.32 Å². The number of carbonyl (C=O) groups is 1. The average molecular weight is 253 g/mol. The van der Waals surface area contributed by atoms with Crippen LogP contribution in [0.1, 0.15) is 11.1 Å². The van der Waals surface area contributed by atoms with Gasteiger partial charge in [0, 0.05) is 11.3 Å². The van der Waals surface area contributed by atoms with Crippen LogP contribution in [0.15, 0.2) is 48.5 Å². The fraction of sp³-hybridized carbons (Fsp3) is 0.0625. The van der Waals surface area contributed by atoms with Crippen LogP contribution in [-0.4, -0.2) is 5.91 Å². The summed E-state index contributed by atoms with van der Waals surface area (Å²) >= 11 is 0. The third kappa shape index (κ3) is 3.68. The van der Waals surface area contributed by atoms with E-state index < -0.39 is 0 Å². The summed E-state index contributed by atoms with van der Waals surface area (Å²) in [7, 11) is 0. The number of amides is 1. The van der Waals surface area contributed by atoms with Gasteiger partial charge in [0.25, 0.3) is 0 Å². The maximum absolute atomic E-state index is 13.0. The maximum Gasteiger partial charge on any atom is 0.228 e. The number of halogens is 1. The predicted molar refractivity (Wildman–Crippen MR) is 73.1 cm³/mol.